The van der Waals surface area contributed by atoms with Crippen LogP contribution in [-0.4, -0.2) is 42.2 Å². The molecule has 6 heteroatoms. The van der Waals surface area contributed by atoms with E-state index in [1.165, 1.54) is 0 Å². The van der Waals surface area contributed by atoms with Crippen molar-refractivity contribution >= 4 is 5.91 Å². The second kappa shape index (κ2) is 5.03. The molecule has 0 saturated carbocycles. The van der Waals surface area contributed by atoms with E-state index in [1.807, 2.05) is 0 Å². The lowest BCUT2D eigenvalue weighted by Gasteiger charge is -2.13. The summed E-state index contributed by atoms with van der Waals surface area (Å²) in [6, 6.07) is 4.13. The number of nitrogens with one attached hydrogen (secondary N) is 1. The summed E-state index contributed by atoms with van der Waals surface area (Å²) in [7, 11) is 0. The molecule has 1 aliphatic rings. The molecule has 0 fully saturated rings. The quantitative estimate of drug-likeness (QED) is 0.659. The van der Waals surface area contributed by atoms with E-state index in [1.54, 1.807) is 18.2 Å². The van der Waals surface area contributed by atoms with Crippen LogP contribution in [0.25, 0.3) is 0 Å². The molecule has 6 nitrogen and oxygen atoms in total. The van der Waals surface area contributed by atoms with Gasteiger partial charge in [0.05, 0.1) is 19.3 Å². The van der Waals surface area contributed by atoms with Crippen molar-refractivity contribution in [2.24, 2.45) is 0 Å². The van der Waals surface area contributed by atoms with Gasteiger partial charge in [0.15, 0.2) is 11.5 Å². The van der Waals surface area contributed by atoms with E-state index >= 15 is 0 Å². The van der Waals surface area contributed by atoms with Gasteiger partial charge in [-0.25, -0.2) is 0 Å². The van der Waals surface area contributed by atoms with E-state index in [0.29, 0.717) is 17.1 Å². The van der Waals surface area contributed by atoms with Crippen molar-refractivity contribution in [3.05, 3.63) is 23.8 Å². The second-order valence-corrected chi connectivity index (χ2v) is 3.60. The molecule has 1 heterocycles. The fourth-order valence-electron chi connectivity index (χ4n) is 1.46. The fraction of sp³-hybridized carbons (Fsp3) is 0.364. The number of carbonyl (C=O) groups is 1. The molecule has 1 aromatic rings. The monoisotopic (exact) mass is 239 g/mol. The number of amides is 1. The molecular weight excluding hydrogens is 226 g/mol. The minimum atomic E-state index is -0.659. The third kappa shape index (κ3) is 2.48. The summed E-state index contributed by atoms with van der Waals surface area (Å²) in [6.45, 7) is -0.476. The molecule has 1 amide bonds. The summed E-state index contributed by atoms with van der Waals surface area (Å²) in [6.07, 6.45) is 0. The number of ether oxygens (including phenoxy) is 2. The molecule has 1 aromatic carbocycles. The van der Waals surface area contributed by atoms with Crippen molar-refractivity contribution in [3.8, 4) is 11.5 Å². The highest BCUT2D eigenvalue weighted by molar-refractivity contribution is 5.95. The van der Waals surface area contributed by atoms with Gasteiger partial charge in [-0.15, -0.1) is 0 Å². The molecule has 0 aromatic heterocycles. The second-order valence-electron chi connectivity index (χ2n) is 3.60. The number of benzene rings is 1. The van der Waals surface area contributed by atoms with Crippen molar-refractivity contribution in [3.63, 3.8) is 0 Å². The molecule has 1 aliphatic heterocycles. The number of hydrogen-bond acceptors (Lipinski definition) is 5. The molecule has 17 heavy (non-hydrogen) atoms. The number of aliphatic hydroxyl groups is 2. The SMILES string of the molecule is O=C(NC(CO)CO)c1ccc2c(c1)OCO2. The van der Waals surface area contributed by atoms with Gasteiger partial charge < -0.3 is 25.0 Å². The third-order valence-corrected chi connectivity index (χ3v) is 2.41. The van der Waals surface area contributed by atoms with Crippen molar-refractivity contribution in [2.75, 3.05) is 20.0 Å². The summed E-state index contributed by atoms with van der Waals surface area (Å²) >= 11 is 0. The van der Waals surface area contributed by atoms with Crippen LogP contribution in [0.5, 0.6) is 11.5 Å². The van der Waals surface area contributed by atoms with Crippen LogP contribution in [0, 0.1) is 0 Å². The molecule has 0 radical (unpaired) electrons. The van der Waals surface area contributed by atoms with Crippen LogP contribution in [0.4, 0.5) is 0 Å². The molecule has 2 rings (SSSR count). The average molecular weight is 239 g/mol. The van der Waals surface area contributed by atoms with Crippen LogP contribution >= 0.6 is 0 Å². The van der Waals surface area contributed by atoms with E-state index in [9.17, 15) is 4.79 Å². The van der Waals surface area contributed by atoms with E-state index in [-0.39, 0.29) is 25.9 Å². The summed E-state index contributed by atoms with van der Waals surface area (Å²) < 4.78 is 10.3. The van der Waals surface area contributed by atoms with Gasteiger partial charge in [0, 0.05) is 5.56 Å². The molecule has 0 unspecified atom stereocenters. The maximum absolute atomic E-state index is 11.7. The Bertz CT molecular complexity index is 416. The molecular formula is C11H13NO5. The van der Waals surface area contributed by atoms with Gasteiger partial charge in [-0.1, -0.05) is 0 Å². The fourth-order valence-corrected chi connectivity index (χ4v) is 1.46. The van der Waals surface area contributed by atoms with Crippen LogP contribution in [0.1, 0.15) is 10.4 Å². The van der Waals surface area contributed by atoms with Gasteiger partial charge in [-0.3, -0.25) is 4.79 Å². The number of rotatable bonds is 4. The first-order chi connectivity index (χ1) is 8.24. The zero-order valence-electron chi connectivity index (χ0n) is 9.05. The van der Waals surface area contributed by atoms with Crippen molar-refractivity contribution < 1.29 is 24.5 Å². The zero-order valence-corrected chi connectivity index (χ0v) is 9.05. The van der Waals surface area contributed by atoms with Gasteiger partial charge >= 0.3 is 0 Å². The average Bonchev–Trinajstić information content (AvgIpc) is 2.82. The number of carbonyl (C=O) groups excluding carboxylic acids is 1. The lowest BCUT2D eigenvalue weighted by atomic mass is 10.1. The molecule has 0 spiro atoms. The van der Waals surface area contributed by atoms with Crippen molar-refractivity contribution in [1.82, 2.24) is 5.32 Å². The van der Waals surface area contributed by atoms with E-state index < -0.39 is 6.04 Å². The molecule has 3 N–H and O–H groups in total. The maximum Gasteiger partial charge on any atom is 0.251 e. The normalized spacial score (nSPS) is 12.9. The molecule has 0 bridgehead atoms. The van der Waals surface area contributed by atoms with Gasteiger partial charge in [-0.2, -0.15) is 0 Å². The van der Waals surface area contributed by atoms with E-state index in [2.05, 4.69) is 5.32 Å². The third-order valence-electron chi connectivity index (χ3n) is 2.41. The van der Waals surface area contributed by atoms with E-state index in [4.69, 9.17) is 19.7 Å². The number of aliphatic hydroxyl groups excluding tert-OH is 2. The van der Waals surface area contributed by atoms with Gasteiger partial charge in [0.1, 0.15) is 0 Å². The highest BCUT2D eigenvalue weighted by atomic mass is 16.7. The zero-order chi connectivity index (χ0) is 12.3. The van der Waals surface area contributed by atoms with Crippen LogP contribution in [0.3, 0.4) is 0 Å². The summed E-state index contributed by atoms with van der Waals surface area (Å²) in [5, 5.41) is 20.2. The predicted molar refractivity (Wildman–Crippen MR) is 58.0 cm³/mol. The molecule has 92 valence electrons. The lowest BCUT2D eigenvalue weighted by molar-refractivity contribution is 0.0879. The Morgan fingerprint density at radius 1 is 1.29 bits per heavy atom. The maximum atomic E-state index is 11.7. The minimum Gasteiger partial charge on any atom is -0.454 e. The summed E-state index contributed by atoms with van der Waals surface area (Å²) in [5.74, 6) is 0.737. The Morgan fingerprint density at radius 2 is 2.00 bits per heavy atom. The standard InChI is InChI=1S/C11H13NO5/c13-4-8(5-14)12-11(15)7-1-2-9-10(3-7)17-6-16-9/h1-3,8,13-14H,4-6H2,(H,12,15). The first kappa shape index (κ1) is 11.7. The van der Waals surface area contributed by atoms with Crippen LogP contribution in [0.15, 0.2) is 18.2 Å². The smallest absolute Gasteiger partial charge is 0.251 e. The largest absolute Gasteiger partial charge is 0.454 e. The highest BCUT2D eigenvalue weighted by Crippen LogP contribution is 2.32. The first-order valence-electron chi connectivity index (χ1n) is 5.17. The lowest BCUT2D eigenvalue weighted by Crippen LogP contribution is -2.40. The van der Waals surface area contributed by atoms with Crippen molar-refractivity contribution in [1.29, 1.82) is 0 Å². The highest BCUT2D eigenvalue weighted by Gasteiger charge is 2.17. The van der Waals surface area contributed by atoms with Crippen LogP contribution in [-0.2, 0) is 0 Å². The number of fused-ring (bicyclic) bond motifs is 1. The van der Waals surface area contributed by atoms with Gasteiger partial charge in [0.2, 0.25) is 6.79 Å². The molecule has 0 aliphatic carbocycles. The minimum absolute atomic E-state index is 0.149. The van der Waals surface area contributed by atoms with Crippen LogP contribution in [0.2, 0.25) is 0 Å². The van der Waals surface area contributed by atoms with E-state index in [0.717, 1.165) is 0 Å². The van der Waals surface area contributed by atoms with Crippen LogP contribution < -0.4 is 14.8 Å². The Kier molecular flexibility index (Phi) is 3.46. The molecule has 0 atom stereocenters. The predicted octanol–water partition coefficient (Wildman–Crippen LogP) is -0.502. The Balaban J connectivity index is 2.09. The number of hydrogen-bond donors (Lipinski definition) is 3. The Hall–Kier alpha value is -1.79. The summed E-state index contributed by atoms with van der Waals surface area (Å²) in [4.78, 5) is 11.7. The summed E-state index contributed by atoms with van der Waals surface area (Å²) in [5.41, 5.74) is 0.390. The molecule has 0 saturated heterocycles. The Labute approximate surface area is 97.8 Å². The van der Waals surface area contributed by atoms with Crippen molar-refractivity contribution in [2.45, 2.75) is 6.04 Å². The first-order valence-corrected chi connectivity index (χ1v) is 5.17. The van der Waals surface area contributed by atoms with Gasteiger partial charge in [-0.05, 0) is 18.2 Å². The Morgan fingerprint density at radius 3 is 2.71 bits per heavy atom. The topological polar surface area (TPSA) is 88.0 Å². The van der Waals surface area contributed by atoms with Gasteiger partial charge in [0.25, 0.3) is 5.91 Å².